The van der Waals surface area contributed by atoms with Crippen LogP contribution in [0, 0.1) is 5.92 Å². The number of nitrogens with two attached hydrogens (primary N) is 1. The molecule has 0 radical (unpaired) electrons. The maximum Gasteiger partial charge on any atom is 0.0306 e. The van der Waals surface area contributed by atoms with Gasteiger partial charge in [-0.2, -0.15) is 0 Å². The molecule has 2 nitrogen and oxygen atoms in total. The van der Waals surface area contributed by atoms with Crippen molar-refractivity contribution in [3.8, 4) is 0 Å². The lowest BCUT2D eigenvalue weighted by Crippen LogP contribution is -2.58. The van der Waals surface area contributed by atoms with Gasteiger partial charge >= 0.3 is 0 Å². The predicted octanol–water partition coefficient (Wildman–Crippen LogP) is 1.60. The monoisotopic (exact) mass is 182 g/mol. The fourth-order valence-corrected chi connectivity index (χ4v) is 2.52. The van der Waals surface area contributed by atoms with E-state index in [9.17, 15) is 0 Å². The van der Waals surface area contributed by atoms with E-state index in [0.717, 1.165) is 12.5 Å². The van der Waals surface area contributed by atoms with Gasteiger partial charge in [-0.1, -0.05) is 19.3 Å². The third-order valence-corrected chi connectivity index (χ3v) is 4.01. The van der Waals surface area contributed by atoms with Gasteiger partial charge in [0.05, 0.1) is 0 Å². The summed E-state index contributed by atoms with van der Waals surface area (Å²) in [6.45, 7) is 5.74. The lowest BCUT2D eigenvalue weighted by Gasteiger charge is -2.49. The van der Waals surface area contributed by atoms with Crippen LogP contribution in [-0.2, 0) is 0 Å². The van der Waals surface area contributed by atoms with Crippen LogP contribution in [0.2, 0.25) is 0 Å². The molecule has 2 rings (SSSR count). The summed E-state index contributed by atoms with van der Waals surface area (Å²) in [5.41, 5.74) is 6.23. The normalized spacial score (nSPS) is 29.1. The van der Waals surface area contributed by atoms with Crippen LogP contribution in [0.15, 0.2) is 0 Å². The first-order valence-electron chi connectivity index (χ1n) is 5.70. The summed E-state index contributed by atoms with van der Waals surface area (Å²) in [5, 5.41) is 0. The van der Waals surface area contributed by atoms with E-state index >= 15 is 0 Å². The molecule has 0 aromatic carbocycles. The highest BCUT2D eigenvalue weighted by atomic mass is 15.2. The topological polar surface area (TPSA) is 29.3 Å². The van der Waals surface area contributed by atoms with Gasteiger partial charge in [-0.25, -0.2) is 0 Å². The van der Waals surface area contributed by atoms with Crippen LogP contribution in [0.3, 0.4) is 0 Å². The molecule has 2 fully saturated rings. The minimum atomic E-state index is 0.323. The van der Waals surface area contributed by atoms with E-state index in [1.54, 1.807) is 0 Å². The van der Waals surface area contributed by atoms with Crippen molar-refractivity contribution in [2.75, 3.05) is 19.6 Å². The smallest absolute Gasteiger partial charge is 0.0306 e. The Bertz CT molecular complexity index is 173. The molecule has 0 spiro atoms. The van der Waals surface area contributed by atoms with Crippen LogP contribution in [0.4, 0.5) is 0 Å². The zero-order valence-electron chi connectivity index (χ0n) is 8.76. The fraction of sp³-hybridized carbons (Fsp3) is 1.00. The molecule has 1 unspecified atom stereocenters. The minimum absolute atomic E-state index is 0.323. The third kappa shape index (κ3) is 1.75. The van der Waals surface area contributed by atoms with Crippen LogP contribution in [0.1, 0.15) is 39.0 Å². The zero-order chi connectivity index (χ0) is 9.31. The summed E-state index contributed by atoms with van der Waals surface area (Å²) in [5.74, 6) is 0.981. The van der Waals surface area contributed by atoms with Gasteiger partial charge in [0.1, 0.15) is 0 Å². The van der Waals surface area contributed by atoms with Gasteiger partial charge in [0.25, 0.3) is 0 Å². The Hall–Kier alpha value is -0.0800. The largest absolute Gasteiger partial charge is 0.329 e. The van der Waals surface area contributed by atoms with Crippen molar-refractivity contribution < 1.29 is 0 Å². The molecule has 2 heteroatoms. The third-order valence-electron chi connectivity index (χ3n) is 4.01. The molecule has 1 saturated carbocycles. The molecule has 1 heterocycles. The summed E-state index contributed by atoms with van der Waals surface area (Å²) in [4.78, 5) is 2.57. The quantitative estimate of drug-likeness (QED) is 0.715. The first kappa shape index (κ1) is 9.47. The first-order chi connectivity index (χ1) is 6.24. The molecule has 0 bridgehead atoms. The van der Waals surface area contributed by atoms with Gasteiger partial charge < -0.3 is 5.73 Å². The highest BCUT2D eigenvalue weighted by Crippen LogP contribution is 2.37. The average Bonchev–Trinajstić information content (AvgIpc) is 1.94. The second kappa shape index (κ2) is 3.58. The number of likely N-dealkylation sites (tertiary alicyclic amines) is 1. The molecule has 0 amide bonds. The number of rotatable bonds is 4. The molecule has 13 heavy (non-hydrogen) atoms. The maximum absolute atomic E-state index is 5.90. The Balaban J connectivity index is 1.88. The SMILES string of the molecule is CC(CN)(CC1CCC1)N1CCC1. The summed E-state index contributed by atoms with van der Waals surface area (Å²) in [6, 6.07) is 0. The number of hydrogen-bond acceptors (Lipinski definition) is 2. The second-order valence-corrected chi connectivity index (χ2v) is 5.04. The summed E-state index contributed by atoms with van der Waals surface area (Å²) in [6.07, 6.45) is 7.06. The van der Waals surface area contributed by atoms with E-state index in [0.29, 0.717) is 5.54 Å². The highest BCUT2D eigenvalue weighted by Gasteiger charge is 2.37. The molecule has 2 N–H and O–H groups in total. The van der Waals surface area contributed by atoms with Crippen molar-refractivity contribution in [3.05, 3.63) is 0 Å². The van der Waals surface area contributed by atoms with E-state index < -0.39 is 0 Å². The van der Waals surface area contributed by atoms with Crippen molar-refractivity contribution in [1.82, 2.24) is 4.90 Å². The Kier molecular flexibility index (Phi) is 2.61. The van der Waals surface area contributed by atoms with Crippen LogP contribution in [0.5, 0.6) is 0 Å². The van der Waals surface area contributed by atoms with Crippen LogP contribution in [0.25, 0.3) is 0 Å². The van der Waals surface area contributed by atoms with E-state index in [4.69, 9.17) is 5.73 Å². The molecular weight excluding hydrogens is 160 g/mol. The van der Waals surface area contributed by atoms with Gasteiger partial charge in [0.15, 0.2) is 0 Å². The average molecular weight is 182 g/mol. The predicted molar refractivity (Wildman–Crippen MR) is 55.6 cm³/mol. The standard InChI is InChI=1S/C11H22N2/c1-11(9-12,13-6-3-7-13)8-10-4-2-5-10/h10H,2-9,12H2,1H3. The Morgan fingerprint density at radius 3 is 2.31 bits per heavy atom. The van der Waals surface area contributed by atoms with E-state index in [2.05, 4.69) is 11.8 Å². The highest BCUT2D eigenvalue weighted by molar-refractivity contribution is 4.94. The van der Waals surface area contributed by atoms with Gasteiger partial charge in [0.2, 0.25) is 0 Å². The molecule has 0 aromatic rings. The van der Waals surface area contributed by atoms with E-state index in [1.165, 1.54) is 45.2 Å². The molecule has 76 valence electrons. The zero-order valence-corrected chi connectivity index (χ0v) is 8.76. The molecule has 1 aliphatic carbocycles. The van der Waals surface area contributed by atoms with Gasteiger partial charge in [0, 0.05) is 12.1 Å². The van der Waals surface area contributed by atoms with Gasteiger partial charge in [-0.15, -0.1) is 0 Å². The van der Waals surface area contributed by atoms with Crippen LogP contribution >= 0.6 is 0 Å². The van der Waals surface area contributed by atoms with Crippen molar-refractivity contribution in [3.63, 3.8) is 0 Å². The maximum atomic E-state index is 5.90. The lowest BCUT2D eigenvalue weighted by atomic mass is 9.75. The summed E-state index contributed by atoms with van der Waals surface area (Å²) >= 11 is 0. The number of nitrogens with zero attached hydrogens (tertiary/aromatic N) is 1. The minimum Gasteiger partial charge on any atom is -0.329 e. The molecule has 1 aliphatic heterocycles. The lowest BCUT2D eigenvalue weighted by molar-refractivity contribution is 0.0195. The Labute approximate surface area is 81.5 Å². The Morgan fingerprint density at radius 1 is 1.31 bits per heavy atom. The molecule has 1 atom stereocenters. The molecule has 0 aromatic heterocycles. The molecular formula is C11H22N2. The van der Waals surface area contributed by atoms with Gasteiger partial charge in [-0.3, -0.25) is 4.90 Å². The second-order valence-electron chi connectivity index (χ2n) is 5.04. The van der Waals surface area contributed by atoms with E-state index in [1.807, 2.05) is 0 Å². The van der Waals surface area contributed by atoms with Crippen LogP contribution < -0.4 is 5.73 Å². The van der Waals surface area contributed by atoms with Crippen molar-refractivity contribution >= 4 is 0 Å². The van der Waals surface area contributed by atoms with Crippen molar-refractivity contribution in [2.24, 2.45) is 11.7 Å². The van der Waals surface area contributed by atoms with Gasteiger partial charge in [-0.05, 0) is 38.8 Å². The molecule has 1 saturated heterocycles. The Morgan fingerprint density at radius 2 is 2.00 bits per heavy atom. The van der Waals surface area contributed by atoms with E-state index in [-0.39, 0.29) is 0 Å². The first-order valence-corrected chi connectivity index (χ1v) is 5.70. The summed E-state index contributed by atoms with van der Waals surface area (Å²) < 4.78 is 0. The summed E-state index contributed by atoms with van der Waals surface area (Å²) in [7, 11) is 0. The van der Waals surface area contributed by atoms with Crippen LogP contribution in [-0.4, -0.2) is 30.1 Å². The fourth-order valence-electron chi connectivity index (χ4n) is 2.52. The van der Waals surface area contributed by atoms with Crippen molar-refractivity contribution in [2.45, 2.75) is 44.6 Å². The van der Waals surface area contributed by atoms with Crippen molar-refractivity contribution in [1.29, 1.82) is 0 Å². The number of hydrogen-bond donors (Lipinski definition) is 1. The molecule has 2 aliphatic rings.